The van der Waals surface area contributed by atoms with Gasteiger partial charge in [0.25, 0.3) is 11.8 Å². The van der Waals surface area contributed by atoms with Gasteiger partial charge in [-0.1, -0.05) is 42.5 Å². The number of carbonyl (C=O) groups is 2. The van der Waals surface area contributed by atoms with Gasteiger partial charge in [0.1, 0.15) is 11.4 Å². The number of amides is 2. The van der Waals surface area contributed by atoms with E-state index in [0.29, 0.717) is 46.3 Å². The summed E-state index contributed by atoms with van der Waals surface area (Å²) in [5.74, 6) is 0.740. The molecule has 0 N–H and O–H groups in total. The molecule has 0 radical (unpaired) electrons. The number of benzene rings is 3. The van der Waals surface area contributed by atoms with Crippen molar-refractivity contribution in [2.75, 3.05) is 33.3 Å². The van der Waals surface area contributed by atoms with E-state index in [0.717, 1.165) is 5.56 Å². The van der Waals surface area contributed by atoms with Crippen LogP contribution in [0.1, 0.15) is 11.1 Å². The fourth-order valence-corrected chi connectivity index (χ4v) is 4.04. The van der Waals surface area contributed by atoms with E-state index in [1.807, 2.05) is 42.3 Å². The number of hydrogen-bond donors (Lipinski definition) is 0. The first kappa shape index (κ1) is 22.9. The average molecular weight is 459 g/mol. The Labute approximate surface area is 198 Å². The zero-order chi connectivity index (χ0) is 24.2. The van der Waals surface area contributed by atoms with Crippen molar-refractivity contribution in [2.45, 2.75) is 6.54 Å². The second-order valence-corrected chi connectivity index (χ2v) is 7.78. The summed E-state index contributed by atoms with van der Waals surface area (Å²) in [4.78, 5) is 30.5. The summed E-state index contributed by atoms with van der Waals surface area (Å²) in [6, 6.07) is 21.9. The molecule has 7 heteroatoms. The van der Waals surface area contributed by atoms with Crippen LogP contribution in [0, 0.1) is 0 Å². The fraction of sp³-hybridized carbons (Fsp3) is 0.185. The number of ether oxygens (including phenoxy) is 3. The molecule has 7 nitrogen and oxygen atoms in total. The Morgan fingerprint density at radius 2 is 1.50 bits per heavy atom. The highest BCUT2D eigenvalue weighted by Gasteiger charge is 2.42. The third-order valence-electron chi connectivity index (χ3n) is 5.69. The van der Waals surface area contributed by atoms with Crippen LogP contribution in [0.25, 0.3) is 5.57 Å². The van der Waals surface area contributed by atoms with Crippen molar-refractivity contribution in [3.8, 4) is 17.2 Å². The van der Waals surface area contributed by atoms with Gasteiger partial charge in [-0.15, -0.1) is 0 Å². The molecule has 0 saturated carbocycles. The van der Waals surface area contributed by atoms with E-state index in [9.17, 15) is 9.59 Å². The fourth-order valence-electron chi connectivity index (χ4n) is 4.04. The predicted molar refractivity (Wildman–Crippen MR) is 130 cm³/mol. The predicted octanol–water partition coefficient (Wildman–Crippen LogP) is 4.13. The van der Waals surface area contributed by atoms with E-state index < -0.39 is 11.8 Å². The van der Waals surface area contributed by atoms with Crippen molar-refractivity contribution in [2.24, 2.45) is 0 Å². The van der Waals surface area contributed by atoms with E-state index in [2.05, 4.69) is 0 Å². The SMILES string of the molecule is COc1cccc(N2C(=O)C(c3ccc(OC)c(OC)c3)=C(N(C)Cc3ccccc3)C2=O)c1. The summed E-state index contributed by atoms with van der Waals surface area (Å²) >= 11 is 0. The lowest BCUT2D eigenvalue weighted by Crippen LogP contribution is -2.34. The third kappa shape index (κ3) is 4.20. The Kier molecular flexibility index (Phi) is 6.54. The smallest absolute Gasteiger partial charge is 0.282 e. The standard InChI is InChI=1S/C27H26N2O5/c1-28(17-18-9-6-5-7-10-18)25-24(19-13-14-22(33-3)23(15-19)34-4)26(30)29(27(25)31)20-11-8-12-21(16-20)32-2/h5-16H,17H2,1-4H3. The van der Waals surface area contributed by atoms with E-state index >= 15 is 0 Å². The maximum Gasteiger partial charge on any atom is 0.282 e. The number of likely N-dealkylation sites (N-methyl/N-ethyl adjacent to an activating group) is 1. The van der Waals surface area contributed by atoms with Crippen molar-refractivity contribution in [3.63, 3.8) is 0 Å². The first-order chi connectivity index (χ1) is 16.5. The highest BCUT2D eigenvalue weighted by atomic mass is 16.5. The van der Waals surface area contributed by atoms with Gasteiger partial charge in [0.2, 0.25) is 0 Å². The van der Waals surface area contributed by atoms with Crippen LogP contribution in [0.15, 0.2) is 78.5 Å². The molecule has 0 bridgehead atoms. The van der Waals surface area contributed by atoms with Crippen LogP contribution < -0.4 is 19.1 Å². The zero-order valence-electron chi connectivity index (χ0n) is 19.6. The average Bonchev–Trinajstić information content (AvgIpc) is 3.13. The van der Waals surface area contributed by atoms with Gasteiger partial charge < -0.3 is 19.1 Å². The van der Waals surface area contributed by atoms with Gasteiger partial charge in [0.05, 0.1) is 32.6 Å². The molecular formula is C27H26N2O5. The molecule has 3 aromatic carbocycles. The van der Waals surface area contributed by atoms with Gasteiger partial charge in [0.15, 0.2) is 11.5 Å². The highest BCUT2D eigenvalue weighted by Crippen LogP contribution is 2.38. The Hall–Kier alpha value is -4.26. The van der Waals surface area contributed by atoms with Crippen molar-refractivity contribution in [1.82, 2.24) is 4.90 Å². The molecule has 0 fully saturated rings. The summed E-state index contributed by atoms with van der Waals surface area (Å²) < 4.78 is 16.1. The molecule has 1 heterocycles. The number of methoxy groups -OCH3 is 3. The lowest BCUT2D eigenvalue weighted by atomic mass is 10.0. The molecule has 0 aromatic heterocycles. The molecule has 34 heavy (non-hydrogen) atoms. The maximum absolute atomic E-state index is 13.7. The minimum absolute atomic E-state index is 0.298. The van der Waals surface area contributed by atoms with Crippen molar-refractivity contribution >= 4 is 23.1 Å². The van der Waals surface area contributed by atoms with Crippen LogP contribution >= 0.6 is 0 Å². The van der Waals surface area contributed by atoms with Crippen molar-refractivity contribution in [1.29, 1.82) is 0 Å². The minimum atomic E-state index is -0.416. The van der Waals surface area contributed by atoms with Crippen LogP contribution in [-0.4, -0.2) is 45.1 Å². The van der Waals surface area contributed by atoms with E-state index in [1.54, 1.807) is 56.7 Å². The summed E-state index contributed by atoms with van der Waals surface area (Å²) in [7, 11) is 6.43. The van der Waals surface area contributed by atoms with Crippen LogP contribution in [0.5, 0.6) is 17.2 Å². The quantitative estimate of drug-likeness (QED) is 0.473. The van der Waals surface area contributed by atoms with Crippen LogP contribution in [0.2, 0.25) is 0 Å². The summed E-state index contributed by atoms with van der Waals surface area (Å²) in [5, 5.41) is 0. The van der Waals surface area contributed by atoms with E-state index in [1.165, 1.54) is 12.0 Å². The molecule has 0 aliphatic carbocycles. The van der Waals surface area contributed by atoms with Crippen LogP contribution in [-0.2, 0) is 16.1 Å². The Morgan fingerprint density at radius 1 is 0.765 bits per heavy atom. The van der Waals surface area contributed by atoms with Crippen LogP contribution in [0.4, 0.5) is 5.69 Å². The second-order valence-electron chi connectivity index (χ2n) is 7.78. The monoisotopic (exact) mass is 458 g/mol. The summed E-state index contributed by atoms with van der Waals surface area (Å²) in [6.45, 7) is 0.456. The van der Waals surface area contributed by atoms with Crippen molar-refractivity contribution < 1.29 is 23.8 Å². The topological polar surface area (TPSA) is 68.3 Å². The lowest BCUT2D eigenvalue weighted by molar-refractivity contribution is -0.120. The number of carbonyl (C=O) groups excluding carboxylic acids is 2. The van der Waals surface area contributed by atoms with Gasteiger partial charge in [-0.25, -0.2) is 4.90 Å². The Bertz CT molecular complexity index is 1250. The van der Waals surface area contributed by atoms with Crippen molar-refractivity contribution in [3.05, 3.63) is 89.6 Å². The van der Waals surface area contributed by atoms with Gasteiger partial charge >= 0.3 is 0 Å². The molecule has 1 aliphatic heterocycles. The van der Waals surface area contributed by atoms with Gasteiger partial charge in [-0.3, -0.25) is 9.59 Å². The molecular weight excluding hydrogens is 432 g/mol. The van der Waals surface area contributed by atoms with Gasteiger partial charge in [-0.2, -0.15) is 0 Å². The third-order valence-corrected chi connectivity index (χ3v) is 5.69. The number of imide groups is 1. The number of rotatable bonds is 8. The molecule has 4 rings (SSSR count). The van der Waals surface area contributed by atoms with Gasteiger partial charge in [0, 0.05) is 19.7 Å². The van der Waals surface area contributed by atoms with Gasteiger partial charge in [-0.05, 0) is 35.4 Å². The molecule has 2 amide bonds. The summed E-state index contributed by atoms with van der Waals surface area (Å²) in [5.41, 5.74) is 2.63. The lowest BCUT2D eigenvalue weighted by Gasteiger charge is -2.22. The van der Waals surface area contributed by atoms with Crippen LogP contribution in [0.3, 0.4) is 0 Å². The first-order valence-corrected chi connectivity index (χ1v) is 10.7. The zero-order valence-corrected chi connectivity index (χ0v) is 19.6. The van der Waals surface area contributed by atoms with E-state index in [4.69, 9.17) is 14.2 Å². The number of hydrogen-bond acceptors (Lipinski definition) is 6. The largest absolute Gasteiger partial charge is 0.497 e. The molecule has 0 saturated heterocycles. The Morgan fingerprint density at radius 3 is 2.18 bits per heavy atom. The number of anilines is 1. The first-order valence-electron chi connectivity index (χ1n) is 10.7. The number of nitrogens with zero attached hydrogens (tertiary/aromatic N) is 2. The van der Waals surface area contributed by atoms with E-state index in [-0.39, 0.29) is 0 Å². The summed E-state index contributed by atoms with van der Waals surface area (Å²) in [6.07, 6.45) is 0. The maximum atomic E-state index is 13.7. The molecule has 0 unspecified atom stereocenters. The molecule has 1 aliphatic rings. The molecule has 3 aromatic rings. The Balaban J connectivity index is 1.83. The molecule has 0 spiro atoms. The minimum Gasteiger partial charge on any atom is -0.497 e. The molecule has 0 atom stereocenters. The molecule has 174 valence electrons. The highest BCUT2D eigenvalue weighted by molar-refractivity contribution is 6.45. The second kappa shape index (κ2) is 9.70. The normalized spacial score (nSPS) is 13.4.